The number of rotatable bonds is 5. The lowest BCUT2D eigenvalue weighted by molar-refractivity contribution is 0.569. The Morgan fingerprint density at radius 2 is 2.12 bits per heavy atom. The van der Waals surface area contributed by atoms with E-state index in [1.807, 2.05) is 30.3 Å². The lowest BCUT2D eigenvalue weighted by Gasteiger charge is -2.00. The Morgan fingerprint density at radius 1 is 1.35 bits per heavy atom. The quantitative estimate of drug-likeness (QED) is 0.760. The minimum absolute atomic E-state index is 0.648. The predicted molar refractivity (Wildman–Crippen MR) is 69.9 cm³/mol. The molecule has 5 heteroatoms. The van der Waals surface area contributed by atoms with Gasteiger partial charge in [-0.25, -0.2) is 0 Å². The summed E-state index contributed by atoms with van der Waals surface area (Å²) in [5.41, 5.74) is 2.27. The molecule has 0 aliphatic rings. The third-order valence-electron chi connectivity index (χ3n) is 2.25. The second-order valence-corrected chi connectivity index (χ2v) is 4.71. The molecule has 0 atom stereocenters. The third-order valence-corrected chi connectivity index (χ3v) is 2.96. The highest BCUT2D eigenvalue weighted by molar-refractivity contribution is 7.99. The molecule has 1 heterocycles. The molecule has 0 N–H and O–H groups in total. The van der Waals surface area contributed by atoms with E-state index in [1.54, 1.807) is 16.6 Å². The molecule has 2 rings (SSSR count). The summed E-state index contributed by atoms with van der Waals surface area (Å²) in [6.45, 7) is 6.44. The molecule has 0 amide bonds. The van der Waals surface area contributed by atoms with Crippen molar-refractivity contribution in [1.82, 2.24) is 20.2 Å². The second-order valence-electron chi connectivity index (χ2n) is 3.48. The van der Waals surface area contributed by atoms with E-state index in [0.29, 0.717) is 6.54 Å². The van der Waals surface area contributed by atoms with Crippen molar-refractivity contribution in [2.75, 3.05) is 5.75 Å². The summed E-state index contributed by atoms with van der Waals surface area (Å²) in [6, 6.07) is 8.15. The topological polar surface area (TPSA) is 43.6 Å². The maximum Gasteiger partial charge on any atom is 0.231 e. The van der Waals surface area contributed by atoms with Crippen LogP contribution in [-0.2, 0) is 6.54 Å². The van der Waals surface area contributed by atoms with Crippen molar-refractivity contribution in [2.45, 2.75) is 18.6 Å². The van der Waals surface area contributed by atoms with Gasteiger partial charge < -0.3 is 0 Å². The normalized spacial score (nSPS) is 10.4. The number of benzene rings is 1. The first kappa shape index (κ1) is 11.9. The fourth-order valence-corrected chi connectivity index (χ4v) is 1.91. The van der Waals surface area contributed by atoms with Crippen LogP contribution in [0.2, 0.25) is 0 Å². The van der Waals surface area contributed by atoms with Crippen molar-refractivity contribution in [3.8, 4) is 0 Å². The summed E-state index contributed by atoms with van der Waals surface area (Å²) in [5, 5.41) is 13.0. The molecule has 0 radical (unpaired) electrons. The van der Waals surface area contributed by atoms with E-state index >= 15 is 0 Å². The maximum absolute atomic E-state index is 4.28. The van der Waals surface area contributed by atoms with E-state index in [4.69, 9.17) is 0 Å². The lowest BCUT2D eigenvalue weighted by atomic mass is 10.1. The van der Waals surface area contributed by atoms with Crippen LogP contribution in [0.15, 0.2) is 36.0 Å². The van der Waals surface area contributed by atoms with Crippen LogP contribution in [0.1, 0.15) is 18.1 Å². The molecule has 17 heavy (non-hydrogen) atoms. The van der Waals surface area contributed by atoms with Crippen molar-refractivity contribution in [2.24, 2.45) is 0 Å². The van der Waals surface area contributed by atoms with E-state index in [-0.39, 0.29) is 0 Å². The zero-order chi connectivity index (χ0) is 12.1. The van der Waals surface area contributed by atoms with Crippen LogP contribution in [0.5, 0.6) is 0 Å². The van der Waals surface area contributed by atoms with Gasteiger partial charge in [-0.05, 0) is 22.1 Å². The fraction of sp³-hybridized carbons (Fsp3) is 0.250. The molecule has 1 aromatic heterocycles. The summed E-state index contributed by atoms with van der Waals surface area (Å²) in [4.78, 5) is 1.61. The van der Waals surface area contributed by atoms with E-state index in [0.717, 1.165) is 22.0 Å². The van der Waals surface area contributed by atoms with Crippen LogP contribution < -0.4 is 0 Å². The highest BCUT2D eigenvalue weighted by atomic mass is 32.2. The van der Waals surface area contributed by atoms with Crippen molar-refractivity contribution in [1.29, 1.82) is 0 Å². The van der Waals surface area contributed by atoms with E-state index in [2.05, 4.69) is 28.9 Å². The van der Waals surface area contributed by atoms with Crippen LogP contribution in [0.4, 0.5) is 0 Å². The van der Waals surface area contributed by atoms with Crippen molar-refractivity contribution in [3.05, 3.63) is 42.0 Å². The highest BCUT2D eigenvalue weighted by Crippen LogP contribution is 2.10. The summed E-state index contributed by atoms with van der Waals surface area (Å²) in [5.74, 6) is 0.958. The largest absolute Gasteiger partial charge is 0.231 e. The molecule has 4 nitrogen and oxygen atoms in total. The van der Waals surface area contributed by atoms with Gasteiger partial charge in [-0.1, -0.05) is 55.6 Å². The van der Waals surface area contributed by atoms with Gasteiger partial charge in [0.25, 0.3) is 0 Å². The maximum atomic E-state index is 4.28. The first-order valence-corrected chi connectivity index (χ1v) is 6.42. The Morgan fingerprint density at radius 3 is 2.76 bits per heavy atom. The van der Waals surface area contributed by atoms with Gasteiger partial charge in [-0.15, -0.1) is 10.2 Å². The van der Waals surface area contributed by atoms with Crippen molar-refractivity contribution < 1.29 is 0 Å². The summed E-state index contributed by atoms with van der Waals surface area (Å²) in [7, 11) is 0. The molecule has 0 aliphatic carbocycles. The molecule has 0 aliphatic heterocycles. The van der Waals surface area contributed by atoms with Crippen LogP contribution in [0.3, 0.4) is 0 Å². The number of hydrogen-bond donors (Lipinski definition) is 0. The van der Waals surface area contributed by atoms with Gasteiger partial charge in [0.1, 0.15) is 0 Å². The average molecular weight is 246 g/mol. The van der Waals surface area contributed by atoms with Gasteiger partial charge in [0.15, 0.2) is 0 Å². The zero-order valence-corrected chi connectivity index (χ0v) is 10.5. The van der Waals surface area contributed by atoms with Gasteiger partial charge in [0.05, 0.1) is 6.54 Å². The van der Waals surface area contributed by atoms with Crippen LogP contribution in [-0.4, -0.2) is 26.0 Å². The second kappa shape index (κ2) is 5.63. The minimum Gasteiger partial charge on any atom is -0.159 e. The minimum atomic E-state index is 0.648. The molecule has 0 bridgehead atoms. The molecule has 2 aromatic rings. The van der Waals surface area contributed by atoms with Gasteiger partial charge in [0, 0.05) is 0 Å². The van der Waals surface area contributed by atoms with Gasteiger partial charge in [-0.3, -0.25) is 0 Å². The average Bonchev–Trinajstić information content (AvgIpc) is 2.78. The monoisotopic (exact) mass is 246 g/mol. The van der Waals surface area contributed by atoms with Gasteiger partial charge >= 0.3 is 0 Å². The predicted octanol–water partition coefficient (Wildman–Crippen LogP) is 2.48. The Balaban J connectivity index is 2.05. The Bertz CT molecular complexity index is 489. The van der Waals surface area contributed by atoms with Crippen molar-refractivity contribution in [3.63, 3.8) is 0 Å². The number of thioether (sulfide) groups is 1. The summed E-state index contributed by atoms with van der Waals surface area (Å²) >= 11 is 1.59. The third kappa shape index (κ3) is 3.17. The van der Waals surface area contributed by atoms with E-state index in [1.165, 1.54) is 0 Å². The molecule has 1 aromatic carbocycles. The number of tetrazole rings is 1. The highest BCUT2D eigenvalue weighted by Gasteiger charge is 2.02. The summed E-state index contributed by atoms with van der Waals surface area (Å²) < 4.78 is 0. The molecular formula is C12H14N4S. The Labute approximate surface area is 105 Å². The molecule has 0 saturated carbocycles. The standard InChI is InChI=1S/C12H14N4S/c1-3-10-5-7-11(8-6-10)9-16-14-12(13-15-16)17-4-2/h3,5-8H,1,4,9H2,2H3. The number of aromatic nitrogens is 4. The van der Waals surface area contributed by atoms with Crippen LogP contribution >= 0.6 is 11.8 Å². The fourth-order valence-electron chi connectivity index (χ4n) is 1.40. The lowest BCUT2D eigenvalue weighted by Crippen LogP contribution is -2.03. The van der Waals surface area contributed by atoms with E-state index < -0.39 is 0 Å². The SMILES string of the molecule is C=Cc1ccc(Cn2nnc(SCC)n2)cc1. The molecular weight excluding hydrogens is 232 g/mol. The number of nitrogens with zero attached hydrogens (tertiary/aromatic N) is 4. The Hall–Kier alpha value is -1.62. The van der Waals surface area contributed by atoms with Crippen molar-refractivity contribution >= 4 is 17.8 Å². The molecule has 0 fully saturated rings. The first-order valence-electron chi connectivity index (χ1n) is 5.44. The molecule has 0 unspecified atom stereocenters. The molecule has 0 saturated heterocycles. The zero-order valence-electron chi connectivity index (χ0n) is 9.71. The van der Waals surface area contributed by atoms with Crippen LogP contribution in [0, 0.1) is 0 Å². The Kier molecular flexibility index (Phi) is 3.93. The number of hydrogen-bond acceptors (Lipinski definition) is 4. The van der Waals surface area contributed by atoms with Gasteiger partial charge in [-0.2, -0.15) is 4.80 Å². The first-order chi connectivity index (χ1) is 8.31. The summed E-state index contributed by atoms with van der Waals surface area (Å²) in [6.07, 6.45) is 1.83. The molecule has 0 spiro atoms. The smallest absolute Gasteiger partial charge is 0.159 e. The molecule has 88 valence electrons. The van der Waals surface area contributed by atoms with E-state index in [9.17, 15) is 0 Å². The van der Waals surface area contributed by atoms with Crippen LogP contribution in [0.25, 0.3) is 6.08 Å². The van der Waals surface area contributed by atoms with Gasteiger partial charge in [0.2, 0.25) is 5.16 Å².